The Labute approximate surface area is 141 Å². The summed E-state index contributed by atoms with van der Waals surface area (Å²) >= 11 is 0. The van der Waals surface area contributed by atoms with Gasteiger partial charge in [-0.25, -0.2) is 0 Å². The molecule has 0 unspecified atom stereocenters. The molecule has 1 nitrogen and oxygen atoms in total. The van der Waals surface area contributed by atoms with Gasteiger partial charge in [-0.2, -0.15) is 0 Å². The van der Waals surface area contributed by atoms with E-state index < -0.39 is 0 Å². The minimum absolute atomic E-state index is 0.901. The van der Waals surface area contributed by atoms with E-state index in [1.807, 2.05) is 0 Å². The van der Waals surface area contributed by atoms with Crippen molar-refractivity contribution in [1.82, 2.24) is 0 Å². The van der Waals surface area contributed by atoms with Crippen LogP contribution in [0.2, 0.25) is 0 Å². The second-order valence-electron chi connectivity index (χ2n) is 6.34. The van der Waals surface area contributed by atoms with Crippen molar-refractivity contribution in [2.24, 2.45) is 0 Å². The van der Waals surface area contributed by atoms with Gasteiger partial charge in [0.25, 0.3) is 0 Å². The van der Waals surface area contributed by atoms with E-state index in [-0.39, 0.29) is 0 Å². The molecule has 2 rings (SSSR count). The van der Waals surface area contributed by atoms with Gasteiger partial charge in [-0.05, 0) is 59.7 Å². The van der Waals surface area contributed by atoms with Crippen molar-refractivity contribution < 1.29 is 4.74 Å². The van der Waals surface area contributed by atoms with Crippen LogP contribution >= 0.6 is 0 Å². The van der Waals surface area contributed by atoms with Crippen LogP contribution in [-0.4, -0.2) is 0 Å². The second-order valence-corrected chi connectivity index (χ2v) is 6.34. The van der Waals surface area contributed by atoms with Gasteiger partial charge in [-0.1, -0.05) is 64.3 Å². The van der Waals surface area contributed by atoms with Crippen molar-refractivity contribution in [2.75, 3.05) is 0 Å². The Bertz CT molecular complexity index is 627. The van der Waals surface area contributed by atoms with Crippen molar-refractivity contribution in [2.45, 2.75) is 65.2 Å². The Hall–Kier alpha value is -1.76. The number of ether oxygens (including phenoxy) is 1. The lowest BCUT2D eigenvalue weighted by Crippen LogP contribution is -1.93. The van der Waals surface area contributed by atoms with Crippen LogP contribution in [0.25, 0.3) is 10.8 Å². The van der Waals surface area contributed by atoms with Crippen LogP contribution in [-0.2, 0) is 12.8 Å². The number of aryl methyl sites for hydroxylation is 2. The van der Waals surface area contributed by atoms with Gasteiger partial charge in [0, 0.05) is 0 Å². The first-order valence-corrected chi connectivity index (χ1v) is 9.11. The molecule has 124 valence electrons. The van der Waals surface area contributed by atoms with E-state index in [1.165, 1.54) is 73.1 Å². The highest BCUT2D eigenvalue weighted by Gasteiger charge is 2.06. The monoisotopic (exact) mass is 310 g/mol. The fraction of sp³-hybridized carbons (Fsp3) is 0.455. The predicted molar refractivity (Wildman–Crippen MR) is 101 cm³/mol. The highest BCUT2D eigenvalue weighted by molar-refractivity contribution is 5.88. The van der Waals surface area contributed by atoms with Crippen molar-refractivity contribution in [1.29, 1.82) is 0 Å². The van der Waals surface area contributed by atoms with E-state index in [0.717, 1.165) is 12.2 Å². The standard InChI is InChI=1S/C22H30O/c1-4-7-9-11-18-13-14-20-17-21(23-6-3)16-19(22(20)15-18)12-10-8-5-2/h6,13-17H,3-5,7-12H2,1-2H3. The molecule has 2 aromatic rings. The topological polar surface area (TPSA) is 9.23 Å². The first-order valence-electron chi connectivity index (χ1n) is 9.11. The Kier molecular flexibility index (Phi) is 7.19. The summed E-state index contributed by atoms with van der Waals surface area (Å²) in [5.41, 5.74) is 2.87. The molecule has 0 aliphatic heterocycles. The zero-order valence-corrected chi connectivity index (χ0v) is 14.7. The average molecular weight is 310 g/mol. The van der Waals surface area contributed by atoms with E-state index in [9.17, 15) is 0 Å². The molecule has 0 aliphatic carbocycles. The van der Waals surface area contributed by atoms with Crippen LogP contribution in [0, 0.1) is 0 Å². The van der Waals surface area contributed by atoms with E-state index in [4.69, 9.17) is 4.74 Å². The summed E-state index contributed by atoms with van der Waals surface area (Å²) in [7, 11) is 0. The zero-order chi connectivity index (χ0) is 16.5. The van der Waals surface area contributed by atoms with Crippen LogP contribution in [0.4, 0.5) is 0 Å². The van der Waals surface area contributed by atoms with Crippen LogP contribution in [0.5, 0.6) is 5.75 Å². The largest absolute Gasteiger partial charge is 0.466 e. The maximum Gasteiger partial charge on any atom is 0.127 e. The highest BCUT2D eigenvalue weighted by atomic mass is 16.5. The molecule has 0 spiro atoms. The smallest absolute Gasteiger partial charge is 0.127 e. The maximum absolute atomic E-state index is 5.53. The van der Waals surface area contributed by atoms with Crippen LogP contribution in [0.3, 0.4) is 0 Å². The summed E-state index contributed by atoms with van der Waals surface area (Å²) in [5.74, 6) is 0.901. The van der Waals surface area contributed by atoms with Gasteiger partial charge in [-0.3, -0.25) is 0 Å². The lowest BCUT2D eigenvalue weighted by atomic mass is 9.96. The van der Waals surface area contributed by atoms with E-state index in [0.29, 0.717) is 0 Å². The lowest BCUT2D eigenvalue weighted by Gasteiger charge is -2.12. The van der Waals surface area contributed by atoms with Gasteiger partial charge in [0.1, 0.15) is 5.75 Å². The number of hydrogen-bond acceptors (Lipinski definition) is 1. The summed E-state index contributed by atoms with van der Waals surface area (Å²) < 4.78 is 5.53. The molecule has 0 heterocycles. The van der Waals surface area contributed by atoms with Crippen molar-refractivity contribution in [3.05, 3.63) is 54.3 Å². The molecule has 23 heavy (non-hydrogen) atoms. The molecular weight excluding hydrogens is 280 g/mol. The molecule has 0 aromatic heterocycles. The molecular formula is C22H30O. The summed E-state index contributed by atoms with van der Waals surface area (Å²) in [6, 6.07) is 11.2. The third-order valence-electron chi connectivity index (χ3n) is 4.42. The second kappa shape index (κ2) is 9.39. The molecule has 0 amide bonds. The zero-order valence-electron chi connectivity index (χ0n) is 14.7. The number of benzene rings is 2. The number of unbranched alkanes of at least 4 members (excludes halogenated alkanes) is 4. The molecule has 0 saturated heterocycles. The molecule has 0 atom stereocenters. The van der Waals surface area contributed by atoms with Crippen LogP contribution in [0.15, 0.2) is 43.2 Å². The number of rotatable bonds is 10. The van der Waals surface area contributed by atoms with Crippen molar-refractivity contribution in [3.8, 4) is 5.75 Å². The fourth-order valence-corrected chi connectivity index (χ4v) is 3.12. The Morgan fingerprint density at radius 3 is 2.35 bits per heavy atom. The SMILES string of the molecule is C=COc1cc(CCCCC)c2cc(CCCCC)ccc2c1. The van der Waals surface area contributed by atoms with Crippen molar-refractivity contribution in [3.63, 3.8) is 0 Å². The molecule has 0 saturated carbocycles. The lowest BCUT2D eigenvalue weighted by molar-refractivity contribution is 0.483. The third kappa shape index (κ3) is 5.13. The normalized spacial score (nSPS) is 10.9. The molecule has 2 aromatic carbocycles. The minimum Gasteiger partial charge on any atom is -0.466 e. The average Bonchev–Trinajstić information content (AvgIpc) is 2.56. The molecule has 0 N–H and O–H groups in total. The van der Waals surface area contributed by atoms with Gasteiger partial charge in [0.05, 0.1) is 6.26 Å². The maximum atomic E-state index is 5.53. The molecule has 1 heteroatoms. The molecule has 0 radical (unpaired) electrons. The number of hydrogen-bond donors (Lipinski definition) is 0. The van der Waals surface area contributed by atoms with Crippen LogP contribution in [0.1, 0.15) is 63.5 Å². The first kappa shape index (κ1) is 17.6. The summed E-state index contributed by atoms with van der Waals surface area (Å²) in [5, 5.41) is 2.67. The third-order valence-corrected chi connectivity index (χ3v) is 4.42. The molecule has 0 bridgehead atoms. The summed E-state index contributed by atoms with van der Waals surface area (Å²) in [6.07, 6.45) is 11.5. The van der Waals surface area contributed by atoms with Crippen LogP contribution < -0.4 is 4.74 Å². The molecule has 0 fully saturated rings. The number of fused-ring (bicyclic) bond motifs is 1. The highest BCUT2D eigenvalue weighted by Crippen LogP contribution is 2.28. The van der Waals surface area contributed by atoms with Gasteiger partial charge in [0.2, 0.25) is 0 Å². The van der Waals surface area contributed by atoms with Crippen molar-refractivity contribution >= 4 is 10.8 Å². The Morgan fingerprint density at radius 2 is 1.65 bits per heavy atom. The minimum atomic E-state index is 0.901. The molecule has 0 aliphatic rings. The van der Waals surface area contributed by atoms with E-state index in [2.05, 4.69) is 50.8 Å². The fourth-order valence-electron chi connectivity index (χ4n) is 3.12. The Morgan fingerprint density at radius 1 is 0.913 bits per heavy atom. The van der Waals surface area contributed by atoms with Gasteiger partial charge < -0.3 is 4.74 Å². The summed E-state index contributed by atoms with van der Waals surface area (Å²) in [4.78, 5) is 0. The first-order chi connectivity index (χ1) is 11.3. The summed E-state index contributed by atoms with van der Waals surface area (Å²) in [6.45, 7) is 8.18. The van der Waals surface area contributed by atoms with Gasteiger partial charge >= 0.3 is 0 Å². The Balaban J connectivity index is 2.30. The van der Waals surface area contributed by atoms with E-state index >= 15 is 0 Å². The van der Waals surface area contributed by atoms with Gasteiger partial charge in [0.15, 0.2) is 0 Å². The van der Waals surface area contributed by atoms with E-state index in [1.54, 1.807) is 0 Å². The quantitative estimate of drug-likeness (QED) is 0.345. The van der Waals surface area contributed by atoms with Gasteiger partial charge in [-0.15, -0.1) is 0 Å². The predicted octanol–water partition coefficient (Wildman–Crippen LogP) is 6.83.